The maximum absolute atomic E-state index is 12.2. The van der Waals surface area contributed by atoms with Gasteiger partial charge in [-0.15, -0.1) is 10.2 Å². The molecule has 4 aromatic rings. The summed E-state index contributed by atoms with van der Waals surface area (Å²) < 4.78 is 3.08. The van der Waals surface area contributed by atoms with Crippen LogP contribution in [0.4, 0.5) is 5.95 Å². The first-order valence-corrected chi connectivity index (χ1v) is 7.61. The molecule has 0 aliphatic rings. The number of rotatable bonds is 4. The summed E-state index contributed by atoms with van der Waals surface area (Å²) >= 11 is 0. The first-order valence-electron chi connectivity index (χ1n) is 7.61. The van der Waals surface area contributed by atoms with E-state index in [1.165, 1.54) is 10.1 Å². The smallest absolute Gasteiger partial charge is 0.286 e. The highest BCUT2D eigenvalue weighted by atomic mass is 16.2. The van der Waals surface area contributed by atoms with Gasteiger partial charge in [0.15, 0.2) is 0 Å². The van der Waals surface area contributed by atoms with Crippen molar-refractivity contribution < 1.29 is 4.79 Å². The lowest BCUT2D eigenvalue weighted by atomic mass is 10.1. The number of aryl methyl sites for hydroxylation is 1. The Kier molecular flexibility index (Phi) is 3.65. The first kappa shape index (κ1) is 14.9. The molecule has 1 amide bonds. The van der Waals surface area contributed by atoms with Crippen LogP contribution in [0.2, 0.25) is 0 Å². The van der Waals surface area contributed by atoms with Crippen molar-refractivity contribution in [2.24, 2.45) is 0 Å². The van der Waals surface area contributed by atoms with Crippen LogP contribution in [0, 0.1) is 6.92 Å². The van der Waals surface area contributed by atoms with E-state index in [4.69, 9.17) is 0 Å². The molecule has 3 heterocycles. The quantitative estimate of drug-likeness (QED) is 0.604. The number of anilines is 1. The van der Waals surface area contributed by atoms with Gasteiger partial charge >= 0.3 is 0 Å². The van der Waals surface area contributed by atoms with Crippen LogP contribution in [0.3, 0.4) is 0 Å². The SMILES string of the molecule is Cc1ccc(Cn2cnc(NC(=O)c3nc4ncccn4n3)n2)cc1. The standard InChI is InChI=1S/C16H14N8O/c1-11-3-5-12(6-4-11)9-23-10-18-15(22-23)20-14(25)13-19-16-17-7-2-8-24(16)21-13/h2-8,10H,9H2,1H3,(H,20,22,25). The molecule has 0 fully saturated rings. The predicted octanol–water partition coefficient (Wildman–Crippen LogP) is 1.32. The number of benzene rings is 1. The van der Waals surface area contributed by atoms with Gasteiger partial charge in [0.2, 0.25) is 11.8 Å². The van der Waals surface area contributed by atoms with Gasteiger partial charge in [-0.25, -0.2) is 19.2 Å². The van der Waals surface area contributed by atoms with Crippen molar-refractivity contribution in [3.8, 4) is 0 Å². The van der Waals surface area contributed by atoms with E-state index in [-0.39, 0.29) is 11.8 Å². The minimum atomic E-state index is -0.487. The molecule has 124 valence electrons. The van der Waals surface area contributed by atoms with E-state index in [1.54, 1.807) is 29.5 Å². The van der Waals surface area contributed by atoms with Crippen LogP contribution in [-0.4, -0.2) is 40.3 Å². The minimum absolute atomic E-state index is 0.00795. The Balaban J connectivity index is 1.46. The van der Waals surface area contributed by atoms with Crippen molar-refractivity contribution >= 4 is 17.6 Å². The average molecular weight is 334 g/mol. The van der Waals surface area contributed by atoms with E-state index in [1.807, 2.05) is 31.2 Å². The van der Waals surface area contributed by atoms with Crippen LogP contribution in [0.25, 0.3) is 5.78 Å². The normalized spacial score (nSPS) is 10.9. The zero-order chi connectivity index (χ0) is 17.2. The van der Waals surface area contributed by atoms with Gasteiger partial charge in [-0.2, -0.15) is 4.98 Å². The van der Waals surface area contributed by atoms with Crippen LogP contribution in [-0.2, 0) is 6.54 Å². The van der Waals surface area contributed by atoms with Crippen molar-refractivity contribution in [3.05, 3.63) is 66.0 Å². The van der Waals surface area contributed by atoms with Gasteiger partial charge in [0, 0.05) is 12.4 Å². The van der Waals surface area contributed by atoms with Crippen molar-refractivity contribution in [2.45, 2.75) is 13.5 Å². The van der Waals surface area contributed by atoms with Gasteiger partial charge in [-0.1, -0.05) is 29.8 Å². The van der Waals surface area contributed by atoms with Crippen molar-refractivity contribution in [2.75, 3.05) is 5.32 Å². The number of nitrogens with one attached hydrogen (secondary N) is 1. The largest absolute Gasteiger partial charge is 0.297 e. The third-order valence-corrected chi connectivity index (χ3v) is 3.55. The lowest BCUT2D eigenvalue weighted by Crippen LogP contribution is -2.15. The number of hydrogen-bond donors (Lipinski definition) is 1. The summed E-state index contributed by atoms with van der Waals surface area (Å²) in [6, 6.07) is 9.85. The Hall–Kier alpha value is -3.62. The van der Waals surface area contributed by atoms with Crippen LogP contribution in [0.1, 0.15) is 21.7 Å². The molecule has 0 unspecified atom stereocenters. The molecule has 0 atom stereocenters. The molecule has 0 saturated heterocycles. The average Bonchev–Trinajstić information content (AvgIpc) is 3.23. The number of hydrogen-bond acceptors (Lipinski definition) is 6. The third-order valence-electron chi connectivity index (χ3n) is 3.55. The number of fused-ring (bicyclic) bond motifs is 1. The topological polar surface area (TPSA) is 103 Å². The highest BCUT2D eigenvalue weighted by Gasteiger charge is 2.15. The fraction of sp³-hybridized carbons (Fsp3) is 0.125. The summed E-state index contributed by atoms with van der Waals surface area (Å²) in [5, 5.41) is 10.9. The maximum Gasteiger partial charge on any atom is 0.297 e. The van der Waals surface area contributed by atoms with Crippen molar-refractivity contribution in [1.82, 2.24) is 34.3 Å². The molecule has 9 nitrogen and oxygen atoms in total. The van der Waals surface area contributed by atoms with Crippen molar-refractivity contribution in [3.63, 3.8) is 0 Å². The van der Waals surface area contributed by atoms with Gasteiger partial charge in [0.25, 0.3) is 11.7 Å². The molecule has 0 aliphatic carbocycles. The van der Waals surface area contributed by atoms with E-state index in [9.17, 15) is 4.79 Å². The lowest BCUT2D eigenvalue weighted by Gasteiger charge is -2.01. The fourth-order valence-corrected chi connectivity index (χ4v) is 2.30. The molecule has 0 bridgehead atoms. The van der Waals surface area contributed by atoms with Gasteiger partial charge in [0.05, 0.1) is 6.54 Å². The van der Waals surface area contributed by atoms with E-state index < -0.39 is 5.91 Å². The second kappa shape index (κ2) is 6.11. The van der Waals surface area contributed by atoms with Gasteiger partial charge in [-0.3, -0.25) is 10.1 Å². The van der Waals surface area contributed by atoms with Crippen LogP contribution >= 0.6 is 0 Å². The number of carbonyl (C=O) groups is 1. The molecule has 9 heteroatoms. The van der Waals surface area contributed by atoms with Crippen LogP contribution in [0.15, 0.2) is 49.1 Å². The van der Waals surface area contributed by atoms with Crippen LogP contribution in [0.5, 0.6) is 0 Å². The lowest BCUT2D eigenvalue weighted by molar-refractivity contribution is 0.101. The first-order chi connectivity index (χ1) is 12.2. The Bertz CT molecular complexity index is 1000. The highest BCUT2D eigenvalue weighted by molar-refractivity contribution is 6.00. The zero-order valence-electron chi connectivity index (χ0n) is 13.4. The molecular weight excluding hydrogens is 320 g/mol. The molecule has 0 spiro atoms. The van der Waals surface area contributed by atoms with Crippen LogP contribution < -0.4 is 5.32 Å². The fourth-order valence-electron chi connectivity index (χ4n) is 2.30. The summed E-state index contributed by atoms with van der Waals surface area (Å²) in [6.07, 6.45) is 4.81. The number of amides is 1. The molecule has 1 N–H and O–H groups in total. The molecule has 3 aromatic heterocycles. The van der Waals surface area contributed by atoms with Gasteiger partial charge in [0.1, 0.15) is 6.33 Å². The maximum atomic E-state index is 12.2. The second-order valence-electron chi connectivity index (χ2n) is 5.51. The summed E-state index contributed by atoms with van der Waals surface area (Å²) in [6.45, 7) is 2.61. The summed E-state index contributed by atoms with van der Waals surface area (Å²) in [7, 11) is 0. The molecule has 0 saturated carbocycles. The number of nitrogens with zero attached hydrogens (tertiary/aromatic N) is 7. The molecule has 0 radical (unpaired) electrons. The zero-order valence-corrected chi connectivity index (χ0v) is 13.4. The third kappa shape index (κ3) is 3.20. The Morgan fingerprint density at radius 1 is 1.16 bits per heavy atom. The Morgan fingerprint density at radius 3 is 2.80 bits per heavy atom. The molecule has 0 aliphatic heterocycles. The van der Waals surface area contributed by atoms with E-state index in [0.29, 0.717) is 12.3 Å². The summed E-state index contributed by atoms with van der Waals surface area (Å²) in [4.78, 5) is 24.4. The summed E-state index contributed by atoms with van der Waals surface area (Å²) in [5.74, 6) is 0.0709. The van der Waals surface area contributed by atoms with Gasteiger partial charge in [-0.05, 0) is 18.6 Å². The predicted molar refractivity (Wildman–Crippen MR) is 89.0 cm³/mol. The van der Waals surface area contributed by atoms with Gasteiger partial charge < -0.3 is 0 Å². The highest BCUT2D eigenvalue weighted by Crippen LogP contribution is 2.07. The van der Waals surface area contributed by atoms with E-state index in [0.717, 1.165) is 5.56 Å². The van der Waals surface area contributed by atoms with Crippen molar-refractivity contribution in [1.29, 1.82) is 0 Å². The molecule has 1 aromatic carbocycles. The molecule has 4 rings (SSSR count). The Labute approximate surface area is 142 Å². The second-order valence-corrected chi connectivity index (χ2v) is 5.51. The Morgan fingerprint density at radius 2 is 2.00 bits per heavy atom. The monoisotopic (exact) mass is 334 g/mol. The summed E-state index contributed by atoms with van der Waals surface area (Å²) in [5.41, 5.74) is 2.30. The van der Waals surface area contributed by atoms with E-state index >= 15 is 0 Å². The molecular formula is C16H14N8O. The van der Waals surface area contributed by atoms with E-state index in [2.05, 4.69) is 30.5 Å². The number of aromatic nitrogens is 7. The number of carbonyl (C=O) groups excluding carboxylic acids is 1. The molecule has 25 heavy (non-hydrogen) atoms. The minimum Gasteiger partial charge on any atom is -0.286 e.